The first kappa shape index (κ1) is 20.6. The maximum absolute atomic E-state index is 12.4. The largest absolute Gasteiger partial charge is 0.493 e. The summed E-state index contributed by atoms with van der Waals surface area (Å²) in [5.74, 6) is 1.39. The molecule has 0 amide bonds. The van der Waals surface area contributed by atoms with Gasteiger partial charge < -0.3 is 9.47 Å². The standard InChI is InChI=1S/C20H19Cl3O3/c1-12(2)11-26-18-10-13(5-9-17(18)25-3)4-8-16(24)14-6-7-15(21)20(23)19(14)22/h4-10,12H,11H2,1-3H3/b8-4+. The van der Waals surface area contributed by atoms with Gasteiger partial charge in [-0.2, -0.15) is 0 Å². The summed E-state index contributed by atoms with van der Waals surface area (Å²) in [6.07, 6.45) is 3.11. The fraction of sp³-hybridized carbons (Fsp3) is 0.250. The number of methoxy groups -OCH3 is 1. The molecule has 0 spiro atoms. The van der Waals surface area contributed by atoms with Crippen molar-refractivity contribution in [3.63, 3.8) is 0 Å². The maximum Gasteiger partial charge on any atom is 0.187 e. The highest BCUT2D eigenvalue weighted by Gasteiger charge is 2.13. The van der Waals surface area contributed by atoms with Crippen molar-refractivity contribution in [3.05, 3.63) is 62.6 Å². The first-order valence-corrected chi connectivity index (χ1v) is 9.13. The van der Waals surface area contributed by atoms with Crippen molar-refractivity contribution in [2.24, 2.45) is 5.92 Å². The second-order valence-corrected chi connectivity index (χ2v) is 7.20. The Bertz CT molecular complexity index is 829. The molecule has 2 aromatic rings. The lowest BCUT2D eigenvalue weighted by Crippen LogP contribution is -2.05. The second kappa shape index (κ2) is 9.31. The summed E-state index contributed by atoms with van der Waals surface area (Å²) >= 11 is 18.0. The lowest BCUT2D eigenvalue weighted by Gasteiger charge is -2.13. The molecular weight excluding hydrogens is 395 g/mol. The Balaban J connectivity index is 2.23. The van der Waals surface area contributed by atoms with E-state index in [1.807, 2.05) is 12.1 Å². The van der Waals surface area contributed by atoms with Gasteiger partial charge in [-0.25, -0.2) is 0 Å². The van der Waals surface area contributed by atoms with E-state index in [1.165, 1.54) is 6.08 Å². The average molecular weight is 414 g/mol. The minimum atomic E-state index is -0.269. The van der Waals surface area contributed by atoms with Crippen LogP contribution in [-0.2, 0) is 0 Å². The number of ketones is 1. The zero-order chi connectivity index (χ0) is 19.3. The Kier molecular flexibility index (Phi) is 7.39. The molecule has 0 aromatic heterocycles. The van der Waals surface area contributed by atoms with E-state index in [2.05, 4.69) is 13.8 Å². The molecule has 0 radical (unpaired) electrons. The van der Waals surface area contributed by atoms with E-state index in [1.54, 1.807) is 31.4 Å². The van der Waals surface area contributed by atoms with E-state index in [9.17, 15) is 4.79 Å². The molecular formula is C20H19Cl3O3. The molecule has 6 heteroatoms. The van der Waals surface area contributed by atoms with Crippen LogP contribution in [0.4, 0.5) is 0 Å². The van der Waals surface area contributed by atoms with Gasteiger partial charge in [0.2, 0.25) is 0 Å². The summed E-state index contributed by atoms with van der Waals surface area (Å²) in [4.78, 5) is 12.4. The van der Waals surface area contributed by atoms with Gasteiger partial charge in [-0.3, -0.25) is 4.79 Å². The summed E-state index contributed by atoms with van der Waals surface area (Å²) in [6, 6.07) is 8.55. The normalized spacial score (nSPS) is 11.2. The molecule has 0 aliphatic carbocycles. The molecule has 138 valence electrons. The molecule has 0 aliphatic rings. The van der Waals surface area contributed by atoms with Crippen LogP contribution in [0.15, 0.2) is 36.4 Å². The quantitative estimate of drug-likeness (QED) is 0.292. The average Bonchev–Trinajstić information content (AvgIpc) is 2.62. The van der Waals surface area contributed by atoms with Gasteiger partial charge in [-0.05, 0) is 41.8 Å². The molecule has 0 unspecified atom stereocenters. The Hall–Kier alpha value is -1.68. The van der Waals surface area contributed by atoms with Crippen molar-refractivity contribution < 1.29 is 14.3 Å². The van der Waals surface area contributed by atoms with E-state index < -0.39 is 0 Å². The predicted molar refractivity (Wildman–Crippen MR) is 108 cm³/mol. The smallest absolute Gasteiger partial charge is 0.187 e. The maximum atomic E-state index is 12.4. The molecule has 0 fully saturated rings. The van der Waals surface area contributed by atoms with Crippen LogP contribution in [0.2, 0.25) is 15.1 Å². The number of carbonyl (C=O) groups excluding carboxylic acids is 1. The summed E-state index contributed by atoms with van der Waals surface area (Å²) in [5.41, 5.74) is 1.09. The SMILES string of the molecule is COc1ccc(/C=C/C(=O)c2ccc(Cl)c(Cl)c2Cl)cc1OCC(C)C. The summed E-state index contributed by atoms with van der Waals surface area (Å²) in [5, 5.41) is 0.616. The molecule has 0 saturated carbocycles. The van der Waals surface area contributed by atoms with Crippen molar-refractivity contribution in [3.8, 4) is 11.5 Å². The summed E-state index contributed by atoms with van der Waals surface area (Å²) in [6.45, 7) is 4.70. The third kappa shape index (κ3) is 5.16. The van der Waals surface area contributed by atoms with Crippen LogP contribution in [0.1, 0.15) is 29.8 Å². The van der Waals surface area contributed by atoms with Crippen molar-refractivity contribution >= 4 is 46.7 Å². The van der Waals surface area contributed by atoms with Crippen molar-refractivity contribution in [2.45, 2.75) is 13.8 Å². The van der Waals surface area contributed by atoms with Gasteiger partial charge >= 0.3 is 0 Å². The summed E-state index contributed by atoms with van der Waals surface area (Å²) in [7, 11) is 1.59. The lowest BCUT2D eigenvalue weighted by atomic mass is 10.1. The van der Waals surface area contributed by atoms with Crippen LogP contribution in [0, 0.1) is 5.92 Å². The van der Waals surface area contributed by atoms with Gasteiger partial charge in [0.1, 0.15) is 0 Å². The van der Waals surface area contributed by atoms with E-state index >= 15 is 0 Å². The first-order chi connectivity index (χ1) is 12.3. The number of hydrogen-bond donors (Lipinski definition) is 0. The van der Waals surface area contributed by atoms with Crippen LogP contribution < -0.4 is 9.47 Å². The highest BCUT2D eigenvalue weighted by atomic mass is 35.5. The van der Waals surface area contributed by atoms with Gasteiger partial charge in [0, 0.05) is 5.56 Å². The number of allylic oxidation sites excluding steroid dienone is 1. The van der Waals surface area contributed by atoms with E-state index in [0.29, 0.717) is 34.6 Å². The monoisotopic (exact) mass is 412 g/mol. The number of rotatable bonds is 7. The Morgan fingerprint density at radius 1 is 1.08 bits per heavy atom. The molecule has 26 heavy (non-hydrogen) atoms. The Morgan fingerprint density at radius 2 is 1.81 bits per heavy atom. The number of benzene rings is 2. The number of ether oxygens (including phenoxy) is 2. The predicted octanol–water partition coefficient (Wildman–Crippen LogP) is 6.59. The third-order valence-electron chi connectivity index (χ3n) is 3.49. The van der Waals surface area contributed by atoms with Gasteiger partial charge in [0.05, 0.1) is 28.8 Å². The molecule has 0 aliphatic heterocycles. The minimum Gasteiger partial charge on any atom is -0.493 e. The minimum absolute atomic E-state index is 0.143. The van der Waals surface area contributed by atoms with E-state index in [-0.39, 0.29) is 15.8 Å². The van der Waals surface area contributed by atoms with Crippen LogP contribution in [0.25, 0.3) is 6.08 Å². The van der Waals surface area contributed by atoms with Gasteiger partial charge in [-0.15, -0.1) is 0 Å². The molecule has 0 N–H and O–H groups in total. The molecule has 0 bridgehead atoms. The van der Waals surface area contributed by atoms with Crippen molar-refractivity contribution in [1.29, 1.82) is 0 Å². The molecule has 3 nitrogen and oxygen atoms in total. The van der Waals surface area contributed by atoms with Crippen molar-refractivity contribution in [1.82, 2.24) is 0 Å². The van der Waals surface area contributed by atoms with Crippen LogP contribution in [0.3, 0.4) is 0 Å². The van der Waals surface area contributed by atoms with Gasteiger partial charge in [-0.1, -0.05) is 60.8 Å². The fourth-order valence-electron chi connectivity index (χ4n) is 2.14. The van der Waals surface area contributed by atoms with Crippen LogP contribution in [-0.4, -0.2) is 19.5 Å². The summed E-state index contributed by atoms with van der Waals surface area (Å²) < 4.78 is 11.1. The van der Waals surface area contributed by atoms with Crippen LogP contribution in [0.5, 0.6) is 11.5 Å². The lowest BCUT2D eigenvalue weighted by molar-refractivity contribution is 0.104. The second-order valence-electron chi connectivity index (χ2n) is 6.04. The zero-order valence-corrected chi connectivity index (χ0v) is 17.0. The van der Waals surface area contributed by atoms with Gasteiger partial charge in [0.15, 0.2) is 17.3 Å². The Morgan fingerprint density at radius 3 is 2.46 bits per heavy atom. The first-order valence-electron chi connectivity index (χ1n) is 8.00. The Labute approximate surface area is 168 Å². The highest BCUT2D eigenvalue weighted by Crippen LogP contribution is 2.33. The highest BCUT2D eigenvalue weighted by molar-refractivity contribution is 6.49. The topological polar surface area (TPSA) is 35.5 Å². The molecule has 2 aromatic carbocycles. The number of carbonyl (C=O) groups is 1. The third-order valence-corrected chi connectivity index (χ3v) is 4.78. The molecule has 0 atom stereocenters. The fourth-order valence-corrected chi connectivity index (χ4v) is 2.77. The number of halogens is 3. The molecule has 0 heterocycles. The van der Waals surface area contributed by atoms with E-state index in [4.69, 9.17) is 44.3 Å². The van der Waals surface area contributed by atoms with Crippen LogP contribution >= 0.6 is 34.8 Å². The van der Waals surface area contributed by atoms with E-state index in [0.717, 1.165) is 5.56 Å². The number of hydrogen-bond acceptors (Lipinski definition) is 3. The van der Waals surface area contributed by atoms with Gasteiger partial charge in [0.25, 0.3) is 0 Å². The molecule has 2 rings (SSSR count). The zero-order valence-electron chi connectivity index (χ0n) is 14.7. The molecule has 0 saturated heterocycles. The van der Waals surface area contributed by atoms with Crippen molar-refractivity contribution in [2.75, 3.05) is 13.7 Å².